The summed E-state index contributed by atoms with van der Waals surface area (Å²) in [4.78, 5) is 11.1. The van der Waals surface area contributed by atoms with Crippen molar-refractivity contribution in [3.8, 4) is 0 Å². The number of carboxylic acids is 1. The monoisotopic (exact) mass is 265 g/mol. The van der Waals surface area contributed by atoms with Crippen molar-refractivity contribution in [1.29, 1.82) is 0 Å². The highest BCUT2D eigenvalue weighted by atomic mass is 32.2. The highest BCUT2D eigenvalue weighted by Gasteiger charge is 2.31. The van der Waals surface area contributed by atoms with Crippen LogP contribution < -0.4 is 5.32 Å². The second-order valence-corrected chi connectivity index (χ2v) is 6.77. The molecule has 0 amide bonds. The molecule has 102 valence electrons. The Hall–Kier alpha value is -0.620. The molecular weight excluding hydrogens is 242 g/mol. The molecule has 0 aromatic carbocycles. The Morgan fingerprint density at radius 2 is 1.82 bits per heavy atom. The maximum absolute atomic E-state index is 11.5. The molecule has 0 heterocycles. The molecule has 0 aromatic rings. The van der Waals surface area contributed by atoms with Gasteiger partial charge in [-0.1, -0.05) is 20.3 Å². The van der Waals surface area contributed by atoms with Crippen LogP contribution in [-0.4, -0.2) is 43.1 Å². The average molecular weight is 265 g/mol. The van der Waals surface area contributed by atoms with E-state index in [9.17, 15) is 13.2 Å². The second kappa shape index (κ2) is 6.96. The smallest absolute Gasteiger partial charge is 0.323 e. The fourth-order valence-electron chi connectivity index (χ4n) is 1.67. The summed E-state index contributed by atoms with van der Waals surface area (Å²) in [5.41, 5.74) is -1.03. The minimum Gasteiger partial charge on any atom is -0.480 e. The lowest BCUT2D eigenvalue weighted by Gasteiger charge is -2.25. The topological polar surface area (TPSA) is 83.5 Å². The molecule has 0 spiro atoms. The van der Waals surface area contributed by atoms with E-state index in [1.54, 1.807) is 6.92 Å². The van der Waals surface area contributed by atoms with Crippen molar-refractivity contribution < 1.29 is 18.3 Å². The predicted octanol–water partition coefficient (Wildman–Crippen LogP) is 1.04. The van der Waals surface area contributed by atoms with E-state index >= 15 is 0 Å². The van der Waals surface area contributed by atoms with Crippen LogP contribution >= 0.6 is 0 Å². The first kappa shape index (κ1) is 16.4. The minimum atomic E-state index is -3.05. The lowest BCUT2D eigenvalue weighted by Crippen LogP contribution is -2.50. The first-order valence-corrected chi connectivity index (χ1v) is 7.78. The lowest BCUT2D eigenvalue weighted by atomic mass is 9.96. The largest absolute Gasteiger partial charge is 0.480 e. The van der Waals surface area contributed by atoms with Crippen LogP contribution in [0.3, 0.4) is 0 Å². The van der Waals surface area contributed by atoms with Crippen molar-refractivity contribution in [3.63, 3.8) is 0 Å². The van der Waals surface area contributed by atoms with Crippen LogP contribution in [0.2, 0.25) is 0 Å². The van der Waals surface area contributed by atoms with Gasteiger partial charge in [-0.25, -0.2) is 8.42 Å². The molecular formula is C11H23NO4S. The Bertz CT molecular complexity index is 339. The van der Waals surface area contributed by atoms with Gasteiger partial charge in [0, 0.05) is 12.3 Å². The number of hydrogen-bond donors (Lipinski definition) is 2. The molecule has 0 aliphatic rings. The Morgan fingerprint density at radius 1 is 1.24 bits per heavy atom. The van der Waals surface area contributed by atoms with Gasteiger partial charge in [0.25, 0.3) is 0 Å². The zero-order chi connectivity index (χ0) is 13.5. The van der Waals surface area contributed by atoms with Crippen LogP contribution in [0.25, 0.3) is 0 Å². The van der Waals surface area contributed by atoms with Crippen molar-refractivity contribution in [2.45, 2.75) is 45.6 Å². The summed E-state index contributed by atoms with van der Waals surface area (Å²) in [5.74, 6) is -0.785. The van der Waals surface area contributed by atoms with Crippen LogP contribution in [-0.2, 0) is 14.6 Å². The SMILES string of the molecule is CCCC(C)(NCCS(=O)(=O)CCC)C(=O)O. The standard InChI is InChI=1S/C11H23NO4S/c1-4-6-11(3,10(13)14)12-7-9-17(15,16)8-5-2/h12H,4-9H2,1-3H3,(H,13,14). The third-order valence-electron chi connectivity index (χ3n) is 2.67. The molecule has 0 saturated heterocycles. The number of sulfone groups is 1. The van der Waals surface area contributed by atoms with Gasteiger partial charge in [0.2, 0.25) is 0 Å². The normalized spacial score (nSPS) is 15.5. The summed E-state index contributed by atoms with van der Waals surface area (Å²) in [6, 6.07) is 0. The van der Waals surface area contributed by atoms with E-state index in [0.29, 0.717) is 12.8 Å². The van der Waals surface area contributed by atoms with Crippen molar-refractivity contribution in [2.75, 3.05) is 18.1 Å². The molecule has 0 bridgehead atoms. The fraction of sp³-hybridized carbons (Fsp3) is 0.909. The molecule has 2 N–H and O–H groups in total. The third-order valence-corrected chi connectivity index (χ3v) is 4.52. The number of hydrogen-bond acceptors (Lipinski definition) is 4. The molecule has 0 saturated carbocycles. The molecule has 0 radical (unpaired) electrons. The van der Waals surface area contributed by atoms with Crippen molar-refractivity contribution >= 4 is 15.8 Å². The number of nitrogens with one attached hydrogen (secondary N) is 1. The first-order chi connectivity index (χ1) is 7.77. The first-order valence-electron chi connectivity index (χ1n) is 5.96. The van der Waals surface area contributed by atoms with Crippen LogP contribution in [0, 0.1) is 0 Å². The van der Waals surface area contributed by atoms with Gasteiger partial charge in [-0.2, -0.15) is 0 Å². The van der Waals surface area contributed by atoms with Crippen LogP contribution in [0.4, 0.5) is 0 Å². The van der Waals surface area contributed by atoms with Crippen molar-refractivity contribution in [1.82, 2.24) is 5.32 Å². The summed E-state index contributed by atoms with van der Waals surface area (Å²) in [6.07, 6.45) is 1.81. The Morgan fingerprint density at radius 3 is 2.24 bits per heavy atom. The predicted molar refractivity (Wildman–Crippen MR) is 67.9 cm³/mol. The fourth-order valence-corrected chi connectivity index (χ4v) is 2.91. The minimum absolute atomic E-state index is 0.00652. The number of aliphatic carboxylic acids is 1. The summed E-state index contributed by atoms with van der Waals surface area (Å²) < 4.78 is 22.9. The Labute approximate surface area is 104 Å². The van der Waals surface area contributed by atoms with E-state index in [0.717, 1.165) is 6.42 Å². The van der Waals surface area contributed by atoms with Gasteiger partial charge in [0.15, 0.2) is 9.84 Å². The third kappa shape index (κ3) is 6.02. The van der Waals surface area contributed by atoms with Crippen molar-refractivity contribution in [2.24, 2.45) is 0 Å². The van der Waals surface area contributed by atoms with Gasteiger partial charge in [-0.15, -0.1) is 0 Å². The van der Waals surface area contributed by atoms with E-state index < -0.39 is 21.3 Å². The van der Waals surface area contributed by atoms with Gasteiger partial charge in [0.05, 0.1) is 5.75 Å². The van der Waals surface area contributed by atoms with E-state index in [1.165, 1.54) is 0 Å². The van der Waals surface area contributed by atoms with Gasteiger partial charge >= 0.3 is 5.97 Å². The molecule has 17 heavy (non-hydrogen) atoms. The molecule has 0 aliphatic carbocycles. The summed E-state index contributed by atoms with van der Waals surface area (Å²) >= 11 is 0. The summed E-state index contributed by atoms with van der Waals surface area (Å²) in [5, 5.41) is 11.9. The zero-order valence-electron chi connectivity index (χ0n) is 10.8. The quantitative estimate of drug-likeness (QED) is 0.651. The van der Waals surface area contributed by atoms with Gasteiger partial charge in [-0.05, 0) is 19.8 Å². The zero-order valence-corrected chi connectivity index (χ0v) is 11.6. The molecule has 6 heteroatoms. The lowest BCUT2D eigenvalue weighted by molar-refractivity contribution is -0.144. The number of carbonyl (C=O) groups is 1. The summed E-state index contributed by atoms with van der Waals surface area (Å²) in [6.45, 7) is 5.48. The molecule has 0 fully saturated rings. The van der Waals surface area contributed by atoms with Crippen molar-refractivity contribution in [3.05, 3.63) is 0 Å². The van der Waals surface area contributed by atoms with E-state index in [4.69, 9.17) is 5.11 Å². The van der Waals surface area contributed by atoms with Gasteiger partial charge < -0.3 is 10.4 Å². The molecule has 5 nitrogen and oxygen atoms in total. The van der Waals surface area contributed by atoms with E-state index in [1.807, 2.05) is 13.8 Å². The van der Waals surface area contributed by atoms with Gasteiger partial charge in [0.1, 0.15) is 5.54 Å². The average Bonchev–Trinajstić information content (AvgIpc) is 2.17. The highest BCUT2D eigenvalue weighted by Crippen LogP contribution is 2.12. The summed E-state index contributed by atoms with van der Waals surface area (Å²) in [7, 11) is -3.05. The van der Waals surface area contributed by atoms with Gasteiger partial charge in [-0.3, -0.25) is 4.79 Å². The van der Waals surface area contributed by atoms with Crippen LogP contribution in [0.1, 0.15) is 40.0 Å². The second-order valence-electron chi connectivity index (χ2n) is 4.47. The maximum Gasteiger partial charge on any atom is 0.323 e. The van der Waals surface area contributed by atoms with E-state index in [-0.39, 0.29) is 18.1 Å². The maximum atomic E-state index is 11.5. The Kier molecular flexibility index (Phi) is 6.70. The molecule has 0 aromatic heterocycles. The van der Waals surface area contributed by atoms with E-state index in [2.05, 4.69) is 5.32 Å². The molecule has 1 unspecified atom stereocenters. The molecule has 0 rings (SSSR count). The molecule has 0 aliphatic heterocycles. The molecule has 1 atom stereocenters. The highest BCUT2D eigenvalue weighted by molar-refractivity contribution is 7.91. The Balaban J connectivity index is 4.30. The van der Waals surface area contributed by atoms with Crippen LogP contribution in [0.15, 0.2) is 0 Å². The number of rotatable bonds is 9. The number of carboxylic acid groups (broad SMARTS) is 1. The van der Waals surface area contributed by atoms with Crippen LogP contribution in [0.5, 0.6) is 0 Å².